The topological polar surface area (TPSA) is 81.3 Å². The van der Waals surface area contributed by atoms with Gasteiger partial charge in [-0.15, -0.1) is 11.8 Å². The lowest BCUT2D eigenvalue weighted by Crippen LogP contribution is -1.97. The van der Waals surface area contributed by atoms with Gasteiger partial charge in [-0.3, -0.25) is 0 Å². The smallest absolute Gasteiger partial charge is 0.221 e. The van der Waals surface area contributed by atoms with Crippen LogP contribution in [0.15, 0.2) is 29.3 Å². The molecule has 0 aliphatic carbocycles. The second-order valence-corrected chi connectivity index (χ2v) is 4.78. The average Bonchev–Trinajstić information content (AvgIpc) is 2.45. The van der Waals surface area contributed by atoms with E-state index in [9.17, 15) is 5.11 Å². The highest BCUT2D eigenvalue weighted by atomic mass is 32.2. The van der Waals surface area contributed by atoms with Gasteiger partial charge in [0.2, 0.25) is 5.95 Å². The number of phenols is 1. The van der Waals surface area contributed by atoms with E-state index in [1.165, 1.54) is 18.9 Å². The van der Waals surface area contributed by atoms with Crippen molar-refractivity contribution < 1.29 is 9.84 Å². The molecule has 1 heterocycles. The third-order valence-corrected chi connectivity index (χ3v) is 3.23. The van der Waals surface area contributed by atoms with Crippen molar-refractivity contribution in [3.8, 4) is 11.5 Å². The SMILES string of the molecule is COc1cc(/C=C/c2cc(SC)nc(N)n2)ccc1O. The van der Waals surface area contributed by atoms with Gasteiger partial charge < -0.3 is 15.6 Å². The first-order valence-electron chi connectivity index (χ1n) is 5.86. The molecule has 1 aromatic carbocycles. The number of ether oxygens (including phenoxy) is 1. The summed E-state index contributed by atoms with van der Waals surface area (Å²) in [6.07, 6.45) is 5.64. The van der Waals surface area contributed by atoms with Gasteiger partial charge in [0.25, 0.3) is 0 Å². The number of aromatic nitrogens is 2. The van der Waals surface area contributed by atoms with Crippen molar-refractivity contribution in [3.05, 3.63) is 35.5 Å². The zero-order valence-corrected chi connectivity index (χ0v) is 12.0. The number of nitrogens with zero attached hydrogens (tertiary/aromatic N) is 2. The van der Waals surface area contributed by atoms with E-state index in [0.29, 0.717) is 5.75 Å². The maximum atomic E-state index is 9.54. The summed E-state index contributed by atoms with van der Waals surface area (Å²) in [6, 6.07) is 6.97. The Balaban J connectivity index is 2.27. The number of phenolic OH excluding ortho intramolecular Hbond substituents is 1. The lowest BCUT2D eigenvalue weighted by molar-refractivity contribution is 0.373. The van der Waals surface area contributed by atoms with Crippen LogP contribution >= 0.6 is 11.8 Å². The van der Waals surface area contributed by atoms with Gasteiger partial charge in [0.1, 0.15) is 5.03 Å². The molecule has 2 aromatic rings. The van der Waals surface area contributed by atoms with Crippen LogP contribution in [0.4, 0.5) is 5.95 Å². The molecule has 0 radical (unpaired) electrons. The summed E-state index contributed by atoms with van der Waals surface area (Å²) in [7, 11) is 1.51. The molecule has 1 aromatic heterocycles. The second kappa shape index (κ2) is 6.29. The predicted octanol–water partition coefficient (Wildman–Crippen LogP) is 2.67. The fourth-order valence-corrected chi connectivity index (χ4v) is 2.05. The van der Waals surface area contributed by atoms with Crippen LogP contribution in [-0.4, -0.2) is 28.4 Å². The summed E-state index contributed by atoms with van der Waals surface area (Å²) in [6.45, 7) is 0. The van der Waals surface area contributed by atoms with E-state index >= 15 is 0 Å². The van der Waals surface area contributed by atoms with Crippen molar-refractivity contribution >= 4 is 29.9 Å². The van der Waals surface area contributed by atoms with Crippen LogP contribution in [0.2, 0.25) is 0 Å². The number of aromatic hydroxyl groups is 1. The van der Waals surface area contributed by atoms with Gasteiger partial charge in [0, 0.05) is 0 Å². The number of nitrogens with two attached hydrogens (primary N) is 1. The lowest BCUT2D eigenvalue weighted by Gasteiger charge is -2.04. The Morgan fingerprint density at radius 3 is 2.75 bits per heavy atom. The second-order valence-electron chi connectivity index (χ2n) is 3.96. The molecule has 0 atom stereocenters. The van der Waals surface area contributed by atoms with Crippen molar-refractivity contribution in [1.82, 2.24) is 9.97 Å². The molecule has 0 saturated heterocycles. The van der Waals surface area contributed by atoms with Gasteiger partial charge in [0.05, 0.1) is 12.8 Å². The van der Waals surface area contributed by atoms with E-state index in [4.69, 9.17) is 10.5 Å². The summed E-state index contributed by atoms with van der Waals surface area (Å²) in [5.41, 5.74) is 7.27. The molecular weight excluding hydrogens is 274 g/mol. The highest BCUT2D eigenvalue weighted by Gasteiger charge is 2.01. The van der Waals surface area contributed by atoms with Gasteiger partial charge in [-0.2, -0.15) is 0 Å². The van der Waals surface area contributed by atoms with Gasteiger partial charge in [-0.25, -0.2) is 9.97 Å². The van der Waals surface area contributed by atoms with Gasteiger partial charge >= 0.3 is 0 Å². The van der Waals surface area contributed by atoms with Crippen molar-refractivity contribution in [2.24, 2.45) is 0 Å². The summed E-state index contributed by atoms with van der Waals surface area (Å²) < 4.78 is 5.06. The Morgan fingerprint density at radius 1 is 1.25 bits per heavy atom. The molecule has 0 fully saturated rings. The number of hydrogen-bond acceptors (Lipinski definition) is 6. The fourth-order valence-electron chi connectivity index (χ4n) is 1.63. The number of anilines is 1. The van der Waals surface area contributed by atoms with Crippen LogP contribution in [0.25, 0.3) is 12.2 Å². The maximum Gasteiger partial charge on any atom is 0.221 e. The minimum atomic E-state index is 0.112. The van der Waals surface area contributed by atoms with E-state index in [-0.39, 0.29) is 11.7 Å². The number of thioether (sulfide) groups is 1. The van der Waals surface area contributed by atoms with Crippen LogP contribution in [0.3, 0.4) is 0 Å². The number of hydrogen-bond donors (Lipinski definition) is 2. The summed E-state index contributed by atoms with van der Waals surface area (Å²) in [5.74, 6) is 0.791. The van der Waals surface area contributed by atoms with Crippen molar-refractivity contribution in [1.29, 1.82) is 0 Å². The molecule has 104 valence electrons. The molecule has 0 spiro atoms. The van der Waals surface area contributed by atoms with Gasteiger partial charge in [-0.1, -0.05) is 12.1 Å². The Bertz CT molecular complexity index is 644. The number of nitrogen functional groups attached to an aromatic ring is 1. The van der Waals surface area contributed by atoms with Crippen molar-refractivity contribution in [2.75, 3.05) is 19.1 Å². The van der Waals surface area contributed by atoms with E-state index in [0.717, 1.165) is 16.3 Å². The third-order valence-electron chi connectivity index (χ3n) is 2.60. The van der Waals surface area contributed by atoms with E-state index < -0.39 is 0 Å². The monoisotopic (exact) mass is 289 g/mol. The van der Waals surface area contributed by atoms with E-state index in [2.05, 4.69) is 9.97 Å². The van der Waals surface area contributed by atoms with Gasteiger partial charge in [-0.05, 0) is 36.1 Å². The van der Waals surface area contributed by atoms with Crippen LogP contribution < -0.4 is 10.5 Å². The molecule has 0 bridgehead atoms. The van der Waals surface area contributed by atoms with Crippen molar-refractivity contribution in [2.45, 2.75) is 5.03 Å². The summed E-state index contributed by atoms with van der Waals surface area (Å²) in [4.78, 5) is 8.23. The Kier molecular flexibility index (Phi) is 4.47. The van der Waals surface area contributed by atoms with Crippen LogP contribution in [0.1, 0.15) is 11.3 Å². The number of benzene rings is 1. The normalized spacial score (nSPS) is 10.9. The zero-order valence-electron chi connectivity index (χ0n) is 11.2. The largest absolute Gasteiger partial charge is 0.504 e. The van der Waals surface area contributed by atoms with Crippen molar-refractivity contribution in [3.63, 3.8) is 0 Å². The molecule has 0 aliphatic heterocycles. The summed E-state index contributed by atoms with van der Waals surface area (Å²) in [5, 5.41) is 10.4. The Labute approximate surface area is 121 Å². The van der Waals surface area contributed by atoms with Crippen LogP contribution in [0, 0.1) is 0 Å². The van der Waals surface area contributed by atoms with Crippen LogP contribution in [0.5, 0.6) is 11.5 Å². The Hall–Kier alpha value is -2.21. The first kappa shape index (κ1) is 14.2. The minimum Gasteiger partial charge on any atom is -0.504 e. The molecule has 0 amide bonds. The third kappa shape index (κ3) is 3.42. The zero-order chi connectivity index (χ0) is 14.5. The molecule has 20 heavy (non-hydrogen) atoms. The average molecular weight is 289 g/mol. The number of methoxy groups -OCH3 is 1. The molecule has 0 aliphatic rings. The molecule has 2 rings (SSSR count). The highest BCUT2D eigenvalue weighted by Crippen LogP contribution is 2.27. The number of rotatable bonds is 4. The fraction of sp³-hybridized carbons (Fsp3) is 0.143. The van der Waals surface area contributed by atoms with E-state index in [1.807, 2.05) is 24.5 Å². The summed E-state index contributed by atoms with van der Waals surface area (Å²) >= 11 is 1.51. The maximum absolute atomic E-state index is 9.54. The standard InChI is InChI=1S/C14H15N3O2S/c1-19-12-7-9(4-6-11(12)18)3-5-10-8-13(20-2)17-14(15)16-10/h3-8,18H,1-2H3,(H2,15,16,17)/b5-3+. The van der Waals surface area contributed by atoms with Crippen LogP contribution in [-0.2, 0) is 0 Å². The first-order chi connectivity index (χ1) is 9.62. The molecule has 5 nitrogen and oxygen atoms in total. The molecule has 0 saturated carbocycles. The predicted molar refractivity (Wildman–Crippen MR) is 81.8 cm³/mol. The van der Waals surface area contributed by atoms with Gasteiger partial charge in [0.15, 0.2) is 11.5 Å². The Morgan fingerprint density at radius 2 is 2.05 bits per heavy atom. The first-order valence-corrected chi connectivity index (χ1v) is 7.08. The lowest BCUT2D eigenvalue weighted by atomic mass is 10.2. The minimum absolute atomic E-state index is 0.112. The molecule has 3 N–H and O–H groups in total. The molecular formula is C14H15N3O2S. The highest BCUT2D eigenvalue weighted by molar-refractivity contribution is 7.98. The molecule has 0 unspecified atom stereocenters. The van der Waals surface area contributed by atoms with E-state index in [1.54, 1.807) is 18.2 Å². The molecule has 6 heteroatoms. The quantitative estimate of drug-likeness (QED) is 0.665.